The third kappa shape index (κ3) is 4.33. The molecule has 0 saturated heterocycles. The average Bonchev–Trinajstić information content (AvgIpc) is 3.00. The van der Waals surface area contributed by atoms with E-state index in [1.54, 1.807) is 0 Å². The van der Waals surface area contributed by atoms with Crippen molar-refractivity contribution >= 4 is 38.7 Å². The number of hydrogen-bond acceptors (Lipinski definition) is 2. The second kappa shape index (κ2) is 9.98. The first kappa shape index (κ1) is 22.2. The summed E-state index contributed by atoms with van der Waals surface area (Å²) in [6, 6.07) is 4.84. The number of nitriles is 1. The molecule has 0 aliphatic heterocycles. The van der Waals surface area contributed by atoms with Gasteiger partial charge in [-0.05, 0) is 0 Å². The molecule has 2 heterocycles. The molecule has 29 heavy (non-hydrogen) atoms. The number of aryl methyl sites for hydroxylation is 1. The maximum atomic E-state index is 10.3. The van der Waals surface area contributed by atoms with Crippen molar-refractivity contribution in [3.63, 3.8) is 0 Å². The molecule has 2 aromatic heterocycles. The van der Waals surface area contributed by atoms with Crippen LogP contribution in [-0.4, -0.2) is 27.9 Å². The van der Waals surface area contributed by atoms with Gasteiger partial charge in [0.15, 0.2) is 0 Å². The van der Waals surface area contributed by atoms with Gasteiger partial charge in [-0.25, -0.2) is 0 Å². The summed E-state index contributed by atoms with van der Waals surface area (Å²) in [6.45, 7) is 8.97. The van der Waals surface area contributed by atoms with E-state index in [9.17, 15) is 5.26 Å². The predicted molar refractivity (Wildman–Crippen MR) is 127 cm³/mol. The summed E-state index contributed by atoms with van der Waals surface area (Å²) in [5.74, 6) is 0. The Morgan fingerprint density at radius 1 is 1.03 bits per heavy atom. The normalized spacial score (nSPS) is 13.4. The molecular formula is C25H35N3Sn. The van der Waals surface area contributed by atoms with E-state index in [0.29, 0.717) is 0 Å². The molecule has 2 aromatic rings. The van der Waals surface area contributed by atoms with E-state index >= 15 is 0 Å². The molecule has 0 amide bonds. The minimum absolute atomic E-state index is 0.938. The van der Waals surface area contributed by atoms with Crippen LogP contribution in [0.5, 0.6) is 0 Å². The van der Waals surface area contributed by atoms with Crippen LogP contribution in [0.15, 0.2) is 30.5 Å². The number of allylic oxidation sites excluding steroid dienone is 4. The van der Waals surface area contributed by atoms with Gasteiger partial charge in [0, 0.05) is 0 Å². The summed E-state index contributed by atoms with van der Waals surface area (Å²) >= 11 is -2.82. The molecule has 0 radical (unpaired) electrons. The van der Waals surface area contributed by atoms with Gasteiger partial charge in [-0.15, -0.1) is 0 Å². The number of rotatable bonds is 11. The number of fused-ring (bicyclic) bond motifs is 1. The van der Waals surface area contributed by atoms with Crippen molar-refractivity contribution in [2.45, 2.75) is 79.5 Å². The Hall–Kier alpha value is -1.54. The number of unbranched alkanes of at least 4 members (excludes halogenated alkanes) is 3. The Morgan fingerprint density at radius 3 is 2.07 bits per heavy atom. The van der Waals surface area contributed by atoms with E-state index in [1.165, 1.54) is 66.8 Å². The zero-order chi connectivity index (χ0) is 20.9. The van der Waals surface area contributed by atoms with Crippen LogP contribution in [0.25, 0.3) is 16.6 Å². The van der Waals surface area contributed by atoms with E-state index in [4.69, 9.17) is 0 Å². The third-order valence-corrected chi connectivity index (χ3v) is 21.9. The molecule has 1 aliphatic carbocycles. The quantitative estimate of drug-likeness (QED) is 0.326. The molecule has 1 aliphatic rings. The van der Waals surface area contributed by atoms with Crippen LogP contribution in [0.4, 0.5) is 0 Å². The van der Waals surface area contributed by atoms with Crippen LogP contribution in [0.3, 0.4) is 0 Å². The van der Waals surface area contributed by atoms with Gasteiger partial charge in [0.25, 0.3) is 0 Å². The van der Waals surface area contributed by atoms with Crippen molar-refractivity contribution in [1.82, 2.24) is 9.55 Å². The molecule has 0 aromatic carbocycles. The molecule has 3 nitrogen and oxygen atoms in total. The molecule has 4 heteroatoms. The molecule has 0 saturated carbocycles. The first-order chi connectivity index (χ1) is 14.1. The van der Waals surface area contributed by atoms with Crippen molar-refractivity contribution < 1.29 is 0 Å². The molecule has 0 fully saturated rings. The fourth-order valence-electron chi connectivity index (χ4n) is 4.77. The Balaban J connectivity index is 2.33. The first-order valence-electron chi connectivity index (χ1n) is 11.4. The molecule has 154 valence electrons. The van der Waals surface area contributed by atoms with E-state index < -0.39 is 18.4 Å². The summed E-state index contributed by atoms with van der Waals surface area (Å²) in [4.78, 5) is 4.56. The second-order valence-electron chi connectivity index (χ2n) is 8.56. The van der Waals surface area contributed by atoms with Crippen LogP contribution in [-0.2, 0) is 0 Å². The zero-order valence-corrected chi connectivity index (χ0v) is 21.4. The minimum atomic E-state index is -2.82. The van der Waals surface area contributed by atoms with Crippen LogP contribution < -0.4 is 3.71 Å². The van der Waals surface area contributed by atoms with Gasteiger partial charge in [-0.2, -0.15) is 0 Å². The molecule has 0 atom stereocenters. The van der Waals surface area contributed by atoms with Gasteiger partial charge in [0.1, 0.15) is 0 Å². The van der Waals surface area contributed by atoms with Gasteiger partial charge in [-0.1, -0.05) is 0 Å². The number of nitrogens with zero attached hydrogens (tertiary/aromatic N) is 3. The van der Waals surface area contributed by atoms with Crippen LogP contribution in [0.1, 0.15) is 70.6 Å². The van der Waals surface area contributed by atoms with Crippen molar-refractivity contribution in [3.8, 4) is 6.07 Å². The third-order valence-electron chi connectivity index (χ3n) is 6.42. The zero-order valence-electron chi connectivity index (χ0n) is 18.6. The van der Waals surface area contributed by atoms with E-state index in [1.807, 2.05) is 6.20 Å². The number of pyridine rings is 1. The fraction of sp³-hybridized carbons (Fsp3) is 0.520. The van der Waals surface area contributed by atoms with Crippen molar-refractivity contribution in [2.75, 3.05) is 0 Å². The van der Waals surface area contributed by atoms with Gasteiger partial charge in [0.2, 0.25) is 0 Å². The van der Waals surface area contributed by atoms with Crippen LogP contribution in [0, 0.1) is 18.3 Å². The SMILES string of the molecule is CCC[CH2][Sn]([CH2]CCC)([CH2]CCC)[c]1c(C#N)c2cnc(C)cc2n1C1=CC=C1. The standard InChI is InChI=1S/C13H8N3.3C4H9.Sn/c1-9-5-13-12(7-15-9)10(6-14)8-16(13)11-3-2-4-11;3*1-3-4-2;/h2-5,7H,1H3;3*1,3-4H2,2H3;. The first-order valence-corrected chi connectivity index (χ1v) is 18.9. The summed E-state index contributed by atoms with van der Waals surface area (Å²) in [5, 5.41) is 11.4. The summed E-state index contributed by atoms with van der Waals surface area (Å²) in [6.07, 6.45) is 16.1. The molecule has 0 bridgehead atoms. The monoisotopic (exact) mass is 497 g/mol. The van der Waals surface area contributed by atoms with E-state index in [-0.39, 0.29) is 0 Å². The fourth-order valence-corrected chi connectivity index (χ4v) is 21.9. The van der Waals surface area contributed by atoms with Crippen LogP contribution >= 0.6 is 0 Å². The Bertz CT molecular complexity index is 937. The predicted octanol–water partition coefficient (Wildman–Crippen LogP) is 6.68. The Kier molecular flexibility index (Phi) is 7.62. The molecular weight excluding hydrogens is 461 g/mol. The van der Waals surface area contributed by atoms with Crippen molar-refractivity contribution in [3.05, 3.63) is 41.7 Å². The molecule has 0 unspecified atom stereocenters. The molecule has 0 spiro atoms. The Labute approximate surface area is 180 Å². The Morgan fingerprint density at radius 2 is 1.62 bits per heavy atom. The summed E-state index contributed by atoms with van der Waals surface area (Å²) in [7, 11) is 0. The van der Waals surface area contributed by atoms with Crippen LogP contribution in [0.2, 0.25) is 13.3 Å². The number of aromatic nitrogens is 2. The van der Waals surface area contributed by atoms with E-state index in [2.05, 4.69) is 67.6 Å². The summed E-state index contributed by atoms with van der Waals surface area (Å²) in [5.41, 5.74) is 4.40. The van der Waals surface area contributed by atoms with E-state index in [0.717, 1.165) is 16.6 Å². The number of hydrogen-bond donors (Lipinski definition) is 0. The van der Waals surface area contributed by atoms with Gasteiger partial charge >= 0.3 is 181 Å². The molecule has 3 rings (SSSR count). The maximum absolute atomic E-state index is 10.3. The van der Waals surface area contributed by atoms with Gasteiger partial charge in [-0.3, -0.25) is 0 Å². The topological polar surface area (TPSA) is 41.6 Å². The average molecular weight is 496 g/mol. The molecule has 0 N–H and O–H groups in total. The second-order valence-corrected chi connectivity index (χ2v) is 21.5. The van der Waals surface area contributed by atoms with Gasteiger partial charge in [0.05, 0.1) is 0 Å². The van der Waals surface area contributed by atoms with Crippen molar-refractivity contribution in [1.29, 1.82) is 5.26 Å². The van der Waals surface area contributed by atoms with Gasteiger partial charge < -0.3 is 0 Å². The summed E-state index contributed by atoms with van der Waals surface area (Å²) < 4.78 is 8.02. The van der Waals surface area contributed by atoms with Crippen molar-refractivity contribution in [2.24, 2.45) is 0 Å².